The van der Waals surface area contributed by atoms with Crippen LogP contribution in [0.25, 0.3) is 0 Å². The number of rotatable bonds is 4. The van der Waals surface area contributed by atoms with Crippen LogP contribution in [0, 0.1) is 5.92 Å². The van der Waals surface area contributed by atoms with Gasteiger partial charge in [-0.3, -0.25) is 0 Å². The minimum Gasteiger partial charge on any atom is -0.489 e. The third kappa shape index (κ3) is 3.87. The summed E-state index contributed by atoms with van der Waals surface area (Å²) in [5, 5.41) is 10.1. The molecule has 1 aromatic carbocycles. The van der Waals surface area contributed by atoms with E-state index in [0.29, 0.717) is 5.02 Å². The molecule has 1 fully saturated rings. The predicted octanol–water partition coefficient (Wildman–Crippen LogP) is 4.74. The smallest absolute Gasteiger partial charge is 0.138 e. The molecule has 19 heavy (non-hydrogen) atoms. The Morgan fingerprint density at radius 3 is 2.84 bits per heavy atom. The van der Waals surface area contributed by atoms with Gasteiger partial charge in [0.1, 0.15) is 5.75 Å². The first-order chi connectivity index (χ1) is 9.10. The Kier molecular flexibility index (Phi) is 5.12. The molecule has 2 nitrogen and oxygen atoms in total. The van der Waals surface area contributed by atoms with Crippen molar-refractivity contribution in [2.45, 2.75) is 58.2 Å². The van der Waals surface area contributed by atoms with Gasteiger partial charge in [0.25, 0.3) is 0 Å². The standard InChI is InChI=1S/C16H23ClO2/c1-3-12-5-4-6-14(9-12)19-16-8-7-13(11(2)18)10-15(16)17/h7-8,10-12,14,18H,3-6,9H2,1-2H3/t11-,12?,14?/m0/s1. The van der Waals surface area contributed by atoms with Gasteiger partial charge in [-0.25, -0.2) is 0 Å². The summed E-state index contributed by atoms with van der Waals surface area (Å²) in [5.41, 5.74) is 0.826. The second-order valence-electron chi connectivity index (χ2n) is 5.55. The van der Waals surface area contributed by atoms with E-state index >= 15 is 0 Å². The number of hydrogen-bond donors (Lipinski definition) is 1. The molecule has 0 spiro atoms. The van der Waals surface area contributed by atoms with Crippen molar-refractivity contribution in [3.05, 3.63) is 28.8 Å². The summed E-state index contributed by atoms with van der Waals surface area (Å²) in [7, 11) is 0. The van der Waals surface area contributed by atoms with Gasteiger partial charge in [0.05, 0.1) is 17.2 Å². The van der Waals surface area contributed by atoms with E-state index < -0.39 is 6.10 Å². The van der Waals surface area contributed by atoms with E-state index in [2.05, 4.69) is 6.92 Å². The fourth-order valence-corrected chi connectivity index (χ4v) is 3.01. The highest BCUT2D eigenvalue weighted by atomic mass is 35.5. The van der Waals surface area contributed by atoms with E-state index in [0.717, 1.165) is 30.1 Å². The van der Waals surface area contributed by atoms with Crippen LogP contribution < -0.4 is 4.74 Å². The lowest BCUT2D eigenvalue weighted by Gasteiger charge is -2.29. The Bertz CT molecular complexity index is 417. The van der Waals surface area contributed by atoms with E-state index in [1.807, 2.05) is 12.1 Å². The Balaban J connectivity index is 2.02. The van der Waals surface area contributed by atoms with Crippen molar-refractivity contribution >= 4 is 11.6 Å². The molecule has 0 radical (unpaired) electrons. The highest BCUT2D eigenvalue weighted by Gasteiger charge is 2.22. The first-order valence-electron chi connectivity index (χ1n) is 7.24. The summed E-state index contributed by atoms with van der Waals surface area (Å²) < 4.78 is 6.04. The predicted molar refractivity (Wildman–Crippen MR) is 78.8 cm³/mol. The Labute approximate surface area is 120 Å². The lowest BCUT2D eigenvalue weighted by atomic mass is 9.85. The topological polar surface area (TPSA) is 29.5 Å². The second-order valence-corrected chi connectivity index (χ2v) is 5.95. The maximum atomic E-state index is 9.53. The van der Waals surface area contributed by atoms with Crippen molar-refractivity contribution in [1.82, 2.24) is 0 Å². The number of halogens is 1. The van der Waals surface area contributed by atoms with Crippen molar-refractivity contribution in [2.24, 2.45) is 5.92 Å². The van der Waals surface area contributed by atoms with Crippen LogP contribution in [0.1, 0.15) is 57.6 Å². The van der Waals surface area contributed by atoms with E-state index in [9.17, 15) is 5.11 Å². The minimum absolute atomic E-state index is 0.286. The van der Waals surface area contributed by atoms with Crippen LogP contribution in [-0.2, 0) is 0 Å². The largest absolute Gasteiger partial charge is 0.489 e. The summed E-state index contributed by atoms with van der Waals surface area (Å²) in [6.45, 7) is 3.98. The van der Waals surface area contributed by atoms with Crippen LogP contribution in [0.4, 0.5) is 0 Å². The zero-order valence-electron chi connectivity index (χ0n) is 11.7. The molecule has 0 bridgehead atoms. The maximum absolute atomic E-state index is 9.53. The zero-order chi connectivity index (χ0) is 13.8. The molecule has 3 heteroatoms. The van der Waals surface area contributed by atoms with E-state index in [1.54, 1.807) is 13.0 Å². The summed E-state index contributed by atoms with van der Waals surface area (Å²) in [4.78, 5) is 0. The molecule has 0 aliphatic heterocycles. The van der Waals surface area contributed by atoms with Gasteiger partial charge >= 0.3 is 0 Å². The molecule has 0 aromatic heterocycles. The SMILES string of the molecule is CCC1CCCC(Oc2ccc([C@H](C)O)cc2Cl)C1. The lowest BCUT2D eigenvalue weighted by molar-refractivity contribution is 0.122. The van der Waals surface area contributed by atoms with Crippen LogP contribution in [-0.4, -0.2) is 11.2 Å². The molecule has 0 amide bonds. The number of benzene rings is 1. The lowest BCUT2D eigenvalue weighted by Crippen LogP contribution is -2.25. The fraction of sp³-hybridized carbons (Fsp3) is 0.625. The molecule has 1 aromatic rings. The Hall–Kier alpha value is -0.730. The molecular formula is C16H23ClO2. The van der Waals surface area contributed by atoms with E-state index in [-0.39, 0.29) is 6.10 Å². The third-order valence-electron chi connectivity index (χ3n) is 4.04. The van der Waals surface area contributed by atoms with Gasteiger partial charge < -0.3 is 9.84 Å². The van der Waals surface area contributed by atoms with Crippen molar-refractivity contribution in [2.75, 3.05) is 0 Å². The van der Waals surface area contributed by atoms with E-state index in [1.165, 1.54) is 19.3 Å². The van der Waals surface area contributed by atoms with Crippen molar-refractivity contribution in [1.29, 1.82) is 0 Å². The van der Waals surface area contributed by atoms with Gasteiger partial charge in [-0.1, -0.05) is 37.4 Å². The average Bonchev–Trinajstić information content (AvgIpc) is 2.41. The van der Waals surface area contributed by atoms with E-state index in [4.69, 9.17) is 16.3 Å². The van der Waals surface area contributed by atoms with Gasteiger partial charge in [-0.15, -0.1) is 0 Å². The molecule has 2 rings (SSSR count). The molecule has 1 aliphatic rings. The number of aliphatic hydroxyl groups excluding tert-OH is 1. The van der Waals surface area contributed by atoms with Gasteiger partial charge in [0.15, 0.2) is 0 Å². The highest BCUT2D eigenvalue weighted by Crippen LogP contribution is 2.33. The van der Waals surface area contributed by atoms with Crippen LogP contribution in [0.3, 0.4) is 0 Å². The Morgan fingerprint density at radius 1 is 1.42 bits per heavy atom. The molecule has 1 aliphatic carbocycles. The Morgan fingerprint density at radius 2 is 2.21 bits per heavy atom. The molecule has 0 heterocycles. The highest BCUT2D eigenvalue weighted by molar-refractivity contribution is 6.32. The molecule has 0 saturated heterocycles. The van der Waals surface area contributed by atoms with Crippen molar-refractivity contribution in [3.63, 3.8) is 0 Å². The van der Waals surface area contributed by atoms with Crippen LogP contribution in [0.2, 0.25) is 5.02 Å². The summed E-state index contributed by atoms with van der Waals surface area (Å²) in [5.74, 6) is 1.53. The maximum Gasteiger partial charge on any atom is 0.138 e. The summed E-state index contributed by atoms with van der Waals surface area (Å²) >= 11 is 6.23. The fourth-order valence-electron chi connectivity index (χ4n) is 2.77. The first kappa shape index (κ1) is 14.7. The second kappa shape index (κ2) is 6.62. The number of ether oxygens (including phenoxy) is 1. The van der Waals surface area contributed by atoms with Gasteiger partial charge in [-0.05, 0) is 49.8 Å². The minimum atomic E-state index is -0.495. The number of hydrogen-bond acceptors (Lipinski definition) is 2. The van der Waals surface area contributed by atoms with Gasteiger partial charge in [-0.2, -0.15) is 0 Å². The normalized spacial score (nSPS) is 25.1. The van der Waals surface area contributed by atoms with Crippen LogP contribution in [0.5, 0.6) is 5.75 Å². The van der Waals surface area contributed by atoms with Gasteiger partial charge in [0.2, 0.25) is 0 Å². The molecule has 1 N–H and O–H groups in total. The molecular weight excluding hydrogens is 260 g/mol. The van der Waals surface area contributed by atoms with Crippen LogP contribution in [0.15, 0.2) is 18.2 Å². The van der Waals surface area contributed by atoms with Crippen molar-refractivity contribution in [3.8, 4) is 5.75 Å². The average molecular weight is 283 g/mol. The molecule has 106 valence electrons. The zero-order valence-corrected chi connectivity index (χ0v) is 12.5. The summed E-state index contributed by atoms with van der Waals surface area (Å²) in [6.07, 6.45) is 5.83. The molecule has 2 unspecified atom stereocenters. The molecule has 3 atom stereocenters. The quantitative estimate of drug-likeness (QED) is 0.864. The number of aliphatic hydroxyl groups is 1. The summed E-state index contributed by atoms with van der Waals surface area (Å²) in [6, 6.07) is 5.55. The van der Waals surface area contributed by atoms with Crippen LogP contribution >= 0.6 is 11.6 Å². The first-order valence-corrected chi connectivity index (χ1v) is 7.62. The monoisotopic (exact) mass is 282 g/mol. The van der Waals surface area contributed by atoms with Gasteiger partial charge in [0, 0.05) is 0 Å². The third-order valence-corrected chi connectivity index (χ3v) is 4.34. The molecule has 1 saturated carbocycles. The van der Waals surface area contributed by atoms with Crippen molar-refractivity contribution < 1.29 is 9.84 Å².